The monoisotopic (exact) mass is 474 g/mol. The number of aromatic nitrogens is 4. The van der Waals surface area contributed by atoms with E-state index in [1.165, 1.54) is 23.5 Å². The summed E-state index contributed by atoms with van der Waals surface area (Å²) < 4.78 is 15.3. The Bertz CT molecular complexity index is 1420. The molecule has 0 radical (unpaired) electrons. The fourth-order valence-corrected chi connectivity index (χ4v) is 5.66. The second-order valence-corrected chi connectivity index (χ2v) is 9.99. The molecule has 2 fully saturated rings. The van der Waals surface area contributed by atoms with E-state index < -0.39 is 0 Å². The highest BCUT2D eigenvalue weighted by atomic mass is 32.1. The lowest BCUT2D eigenvalue weighted by atomic mass is 9.74. The van der Waals surface area contributed by atoms with Crippen molar-refractivity contribution in [3.8, 4) is 17.3 Å². The number of halogens is 1. The highest BCUT2D eigenvalue weighted by Crippen LogP contribution is 2.41. The fourth-order valence-electron chi connectivity index (χ4n) is 4.81. The Hall–Kier alpha value is -3.55. The average molecular weight is 475 g/mol. The van der Waals surface area contributed by atoms with E-state index >= 15 is 0 Å². The second-order valence-electron chi connectivity index (χ2n) is 9.02. The lowest BCUT2D eigenvalue weighted by Gasteiger charge is -2.57. The Morgan fingerprint density at radius 1 is 1.26 bits per heavy atom. The van der Waals surface area contributed by atoms with Crippen LogP contribution in [0.15, 0.2) is 36.5 Å². The molecule has 10 heteroatoms. The summed E-state index contributed by atoms with van der Waals surface area (Å²) in [6.07, 6.45) is 1.90. The van der Waals surface area contributed by atoms with E-state index in [0.29, 0.717) is 38.9 Å². The first kappa shape index (κ1) is 21.0. The van der Waals surface area contributed by atoms with Gasteiger partial charge in [0.25, 0.3) is 0 Å². The van der Waals surface area contributed by atoms with E-state index in [1.54, 1.807) is 12.1 Å². The third-order valence-corrected chi connectivity index (χ3v) is 7.75. The predicted molar refractivity (Wildman–Crippen MR) is 131 cm³/mol. The first-order chi connectivity index (χ1) is 16.5. The standard InChI is InChI=1S/C24H23FN8S/c1-3-33-22(18-8-17(10-28-21(18)30-33)32-13-24(14-32)11-27-12-24)31(2)23-29-20(19(9-26)34-23)15-4-6-16(25)7-5-15/h4-8,10,27H,3,11-14H2,1-2H3. The minimum atomic E-state index is -0.321. The quantitative estimate of drug-likeness (QED) is 0.471. The topological polar surface area (TPSA) is 85.9 Å². The molecule has 5 heterocycles. The molecule has 2 saturated heterocycles. The number of nitrogens with one attached hydrogen (secondary N) is 1. The largest absolute Gasteiger partial charge is 0.369 e. The van der Waals surface area contributed by atoms with Crippen LogP contribution in [-0.4, -0.2) is 53.0 Å². The third kappa shape index (κ3) is 3.23. The lowest BCUT2D eigenvalue weighted by molar-refractivity contribution is 0.121. The van der Waals surface area contributed by atoms with Crippen molar-refractivity contribution < 1.29 is 4.39 Å². The minimum Gasteiger partial charge on any atom is -0.369 e. The van der Waals surface area contributed by atoms with E-state index in [4.69, 9.17) is 10.1 Å². The van der Waals surface area contributed by atoms with Gasteiger partial charge in [-0.05, 0) is 37.3 Å². The first-order valence-corrected chi connectivity index (χ1v) is 12.0. The van der Waals surface area contributed by atoms with E-state index in [2.05, 4.69) is 27.3 Å². The smallest absolute Gasteiger partial charge is 0.192 e. The molecule has 4 aromatic rings. The predicted octanol–water partition coefficient (Wildman–Crippen LogP) is 3.76. The summed E-state index contributed by atoms with van der Waals surface area (Å²) in [6.45, 7) is 6.97. The van der Waals surface area contributed by atoms with E-state index in [9.17, 15) is 9.65 Å². The summed E-state index contributed by atoms with van der Waals surface area (Å²) in [4.78, 5) is 14.2. The van der Waals surface area contributed by atoms with Crippen LogP contribution in [0.4, 0.5) is 21.0 Å². The second kappa shape index (κ2) is 7.75. The molecule has 1 N–H and O–H groups in total. The van der Waals surface area contributed by atoms with E-state index in [0.717, 1.165) is 43.1 Å². The summed E-state index contributed by atoms with van der Waals surface area (Å²) in [6, 6.07) is 10.5. The molecule has 172 valence electrons. The van der Waals surface area contributed by atoms with Gasteiger partial charge in [0.2, 0.25) is 0 Å². The number of benzene rings is 1. The van der Waals surface area contributed by atoms with Gasteiger partial charge in [0, 0.05) is 50.7 Å². The SMILES string of the molecule is CCn1nc2ncc(N3CC4(CNC4)C3)cc2c1N(C)c1nc(-c2ccc(F)cc2)c(C#N)s1. The van der Waals surface area contributed by atoms with E-state index in [1.807, 2.05) is 29.7 Å². The maximum Gasteiger partial charge on any atom is 0.192 e. The van der Waals surface area contributed by atoms with Crippen LogP contribution < -0.4 is 15.1 Å². The molecule has 8 nitrogen and oxygen atoms in total. The summed E-state index contributed by atoms with van der Waals surface area (Å²) in [7, 11) is 1.93. The zero-order valence-corrected chi connectivity index (χ0v) is 19.7. The molecule has 1 spiro atoms. The number of nitriles is 1. The number of anilines is 3. The first-order valence-electron chi connectivity index (χ1n) is 11.2. The summed E-state index contributed by atoms with van der Waals surface area (Å²) in [5.74, 6) is 0.564. The van der Waals surface area contributed by atoms with Gasteiger partial charge in [-0.3, -0.25) is 0 Å². The average Bonchev–Trinajstić information content (AvgIpc) is 3.38. The number of nitrogens with zero attached hydrogens (tertiary/aromatic N) is 7. The number of rotatable bonds is 5. The molecule has 2 aliphatic rings. The number of aryl methyl sites for hydroxylation is 1. The summed E-state index contributed by atoms with van der Waals surface area (Å²) in [5, 5.41) is 19.4. The van der Waals surface area contributed by atoms with Crippen LogP contribution >= 0.6 is 11.3 Å². The highest BCUT2D eigenvalue weighted by molar-refractivity contribution is 7.16. The zero-order valence-electron chi connectivity index (χ0n) is 18.9. The maximum atomic E-state index is 13.4. The number of hydrogen-bond acceptors (Lipinski definition) is 8. The molecule has 34 heavy (non-hydrogen) atoms. The molecule has 0 unspecified atom stereocenters. The molecule has 3 aromatic heterocycles. The van der Waals surface area contributed by atoms with Gasteiger partial charge < -0.3 is 15.1 Å². The molecular formula is C24H23FN8S. The van der Waals surface area contributed by atoms with Gasteiger partial charge in [-0.2, -0.15) is 10.4 Å². The number of thiazole rings is 1. The highest BCUT2D eigenvalue weighted by Gasteiger charge is 2.47. The molecule has 1 aromatic carbocycles. The van der Waals surface area contributed by atoms with Crippen molar-refractivity contribution in [3.63, 3.8) is 0 Å². The van der Waals surface area contributed by atoms with Crippen molar-refractivity contribution in [1.82, 2.24) is 25.1 Å². The van der Waals surface area contributed by atoms with E-state index in [-0.39, 0.29) is 5.82 Å². The Morgan fingerprint density at radius 2 is 2.03 bits per heavy atom. The van der Waals surface area contributed by atoms with Gasteiger partial charge in [0.1, 0.15) is 28.3 Å². The molecule has 0 saturated carbocycles. The Morgan fingerprint density at radius 3 is 2.68 bits per heavy atom. The fraction of sp³-hybridized carbons (Fsp3) is 0.333. The molecule has 2 aliphatic heterocycles. The van der Waals surface area contributed by atoms with Crippen LogP contribution in [-0.2, 0) is 6.54 Å². The molecule has 0 amide bonds. The molecule has 0 atom stereocenters. The van der Waals surface area contributed by atoms with Crippen molar-refractivity contribution in [1.29, 1.82) is 5.26 Å². The van der Waals surface area contributed by atoms with Crippen LogP contribution in [0.2, 0.25) is 0 Å². The van der Waals surface area contributed by atoms with Crippen molar-refractivity contribution in [2.45, 2.75) is 13.5 Å². The molecule has 0 bridgehead atoms. The van der Waals surface area contributed by atoms with Crippen LogP contribution in [0.1, 0.15) is 11.8 Å². The Balaban J connectivity index is 1.39. The van der Waals surface area contributed by atoms with Gasteiger partial charge in [0.15, 0.2) is 10.8 Å². The van der Waals surface area contributed by atoms with Crippen LogP contribution in [0.25, 0.3) is 22.3 Å². The maximum absolute atomic E-state index is 13.4. The summed E-state index contributed by atoms with van der Waals surface area (Å²) >= 11 is 1.31. The van der Waals surface area contributed by atoms with Crippen LogP contribution in [0, 0.1) is 22.6 Å². The molecule has 6 rings (SSSR count). The van der Waals surface area contributed by atoms with Crippen molar-refractivity contribution in [2.24, 2.45) is 5.41 Å². The lowest BCUT2D eigenvalue weighted by Crippen LogP contribution is -2.71. The zero-order chi connectivity index (χ0) is 23.4. The van der Waals surface area contributed by atoms with Gasteiger partial charge in [-0.15, -0.1) is 0 Å². The van der Waals surface area contributed by atoms with Crippen LogP contribution in [0.3, 0.4) is 0 Å². The normalized spacial score (nSPS) is 16.4. The van der Waals surface area contributed by atoms with Crippen molar-refractivity contribution >= 4 is 39.0 Å². The Kier molecular flexibility index (Phi) is 4.79. The van der Waals surface area contributed by atoms with Gasteiger partial charge in [0.05, 0.1) is 17.3 Å². The third-order valence-electron chi connectivity index (χ3n) is 6.71. The summed E-state index contributed by atoms with van der Waals surface area (Å²) in [5.41, 5.74) is 3.47. The number of fused-ring (bicyclic) bond motifs is 1. The number of pyridine rings is 1. The molecular weight excluding hydrogens is 451 g/mol. The minimum absolute atomic E-state index is 0.321. The van der Waals surface area contributed by atoms with Crippen molar-refractivity contribution in [3.05, 3.63) is 47.2 Å². The van der Waals surface area contributed by atoms with Gasteiger partial charge in [-0.25, -0.2) is 19.0 Å². The number of hydrogen-bond donors (Lipinski definition) is 1. The van der Waals surface area contributed by atoms with Crippen molar-refractivity contribution in [2.75, 3.05) is 43.0 Å². The van der Waals surface area contributed by atoms with Gasteiger partial charge in [-0.1, -0.05) is 11.3 Å². The van der Waals surface area contributed by atoms with Gasteiger partial charge >= 0.3 is 0 Å². The van der Waals surface area contributed by atoms with Crippen LogP contribution in [0.5, 0.6) is 0 Å². The Labute approximate surface area is 200 Å². The molecule has 0 aliphatic carbocycles.